The van der Waals surface area contributed by atoms with Crippen molar-refractivity contribution in [3.05, 3.63) is 109 Å². The number of rotatable bonds is 8. The van der Waals surface area contributed by atoms with E-state index in [0.29, 0.717) is 37.1 Å². The molecule has 1 amide bonds. The molecule has 0 saturated heterocycles. The second kappa shape index (κ2) is 11.9. The number of methoxy groups -OCH3 is 1. The Labute approximate surface area is 233 Å². The normalized spacial score (nSPS) is 11.1. The van der Waals surface area contributed by atoms with Crippen molar-refractivity contribution in [1.82, 2.24) is 9.99 Å². The lowest BCUT2D eigenvalue weighted by Crippen LogP contribution is -2.18. The first-order valence-electron chi connectivity index (χ1n) is 11.3. The molecule has 9 heteroatoms. The predicted molar refractivity (Wildman–Crippen MR) is 152 cm³/mol. The van der Waals surface area contributed by atoms with Crippen LogP contribution < -0.4 is 14.9 Å². The first kappa shape index (κ1) is 26.8. The van der Waals surface area contributed by atoms with Gasteiger partial charge in [-0.15, -0.1) is 0 Å². The summed E-state index contributed by atoms with van der Waals surface area (Å²) >= 11 is 16.2. The minimum Gasteiger partial charge on any atom is -0.493 e. The van der Waals surface area contributed by atoms with E-state index >= 15 is 0 Å². The van der Waals surface area contributed by atoms with E-state index in [9.17, 15) is 4.79 Å². The number of hydrogen-bond acceptors (Lipinski definition) is 4. The molecule has 0 aliphatic heterocycles. The van der Waals surface area contributed by atoms with Gasteiger partial charge in [-0.05, 0) is 83.9 Å². The third-order valence-electron chi connectivity index (χ3n) is 5.69. The number of nitrogens with zero attached hydrogens (tertiary/aromatic N) is 2. The molecule has 6 nitrogen and oxygen atoms in total. The Morgan fingerprint density at radius 2 is 1.76 bits per heavy atom. The predicted octanol–water partition coefficient (Wildman–Crippen LogP) is 7.51. The van der Waals surface area contributed by atoms with Crippen LogP contribution >= 0.6 is 39.1 Å². The molecule has 3 aromatic carbocycles. The maximum atomic E-state index is 12.7. The van der Waals surface area contributed by atoms with Crippen molar-refractivity contribution in [2.45, 2.75) is 20.5 Å². The Morgan fingerprint density at radius 1 is 1.03 bits per heavy atom. The van der Waals surface area contributed by atoms with Crippen LogP contribution in [0.1, 0.15) is 32.9 Å². The molecule has 1 heterocycles. The maximum absolute atomic E-state index is 12.7. The van der Waals surface area contributed by atoms with E-state index in [1.165, 1.54) is 6.21 Å². The third-order valence-corrected chi connectivity index (χ3v) is 6.96. The maximum Gasteiger partial charge on any atom is 0.272 e. The van der Waals surface area contributed by atoms with E-state index in [1.54, 1.807) is 25.3 Å². The van der Waals surface area contributed by atoms with Gasteiger partial charge in [-0.25, -0.2) is 5.43 Å². The van der Waals surface area contributed by atoms with Crippen LogP contribution in [0.4, 0.5) is 0 Å². The highest BCUT2D eigenvalue weighted by molar-refractivity contribution is 9.10. The van der Waals surface area contributed by atoms with Gasteiger partial charge >= 0.3 is 0 Å². The summed E-state index contributed by atoms with van der Waals surface area (Å²) in [4.78, 5) is 12.7. The van der Waals surface area contributed by atoms with Gasteiger partial charge in [0.05, 0.1) is 28.4 Å². The van der Waals surface area contributed by atoms with E-state index in [0.717, 1.165) is 22.6 Å². The van der Waals surface area contributed by atoms with E-state index in [4.69, 9.17) is 32.7 Å². The van der Waals surface area contributed by atoms with E-state index in [-0.39, 0.29) is 6.61 Å². The number of benzene rings is 3. The number of hydrogen-bond donors (Lipinski definition) is 1. The molecule has 0 atom stereocenters. The molecule has 0 spiro atoms. The van der Waals surface area contributed by atoms with Crippen LogP contribution in [0.3, 0.4) is 0 Å². The molecule has 0 saturated carbocycles. The fraction of sp³-hybridized carbons (Fsp3) is 0.143. The van der Waals surface area contributed by atoms with E-state index in [1.807, 2.05) is 62.4 Å². The smallest absolute Gasteiger partial charge is 0.272 e. The molecule has 4 rings (SSSR count). The standard InChI is InChI=1S/C28H24BrCl2N3O3/c1-17-8-9-18(2)34(17)21-10-11-22(25(31)14-21)28(35)33-32-15-19-12-23(29)27(26(13-19)36-3)37-16-20-6-4-5-7-24(20)30/h4-15H,16H2,1-3H3,(H,33,35)/b32-15-. The van der Waals surface area contributed by atoms with Crippen LogP contribution in [-0.4, -0.2) is 23.8 Å². The molecule has 190 valence electrons. The Kier molecular flexibility index (Phi) is 8.59. The Bertz CT molecular complexity index is 1460. The fourth-order valence-electron chi connectivity index (χ4n) is 3.85. The molecule has 0 fully saturated rings. The number of aryl methyl sites for hydroxylation is 2. The van der Waals surface area contributed by atoms with Crippen LogP contribution in [0.15, 0.2) is 76.3 Å². The summed E-state index contributed by atoms with van der Waals surface area (Å²) in [5, 5.41) is 5.05. The number of carbonyl (C=O) groups is 1. The summed E-state index contributed by atoms with van der Waals surface area (Å²) < 4.78 is 14.2. The van der Waals surface area contributed by atoms with Crippen molar-refractivity contribution in [1.29, 1.82) is 0 Å². The number of carbonyl (C=O) groups excluding carboxylic acids is 1. The molecular weight excluding hydrogens is 577 g/mol. The second-order valence-corrected chi connectivity index (χ2v) is 9.90. The van der Waals surface area contributed by atoms with Gasteiger partial charge in [-0.3, -0.25) is 4.79 Å². The van der Waals surface area contributed by atoms with E-state index < -0.39 is 5.91 Å². The largest absolute Gasteiger partial charge is 0.493 e. The minimum absolute atomic E-state index is 0.279. The summed E-state index contributed by atoms with van der Waals surface area (Å²) in [5.41, 5.74) is 7.45. The van der Waals surface area contributed by atoms with Crippen molar-refractivity contribution >= 4 is 51.3 Å². The Morgan fingerprint density at radius 3 is 2.43 bits per heavy atom. The topological polar surface area (TPSA) is 64.8 Å². The van der Waals surface area contributed by atoms with Crippen LogP contribution in [0.25, 0.3) is 5.69 Å². The van der Waals surface area contributed by atoms with Gasteiger partial charge in [-0.1, -0.05) is 41.4 Å². The summed E-state index contributed by atoms with van der Waals surface area (Å²) in [5.74, 6) is 0.617. The molecule has 1 N–H and O–H groups in total. The van der Waals surface area contributed by atoms with Gasteiger partial charge in [-0.2, -0.15) is 5.10 Å². The highest BCUT2D eigenvalue weighted by atomic mass is 79.9. The lowest BCUT2D eigenvalue weighted by Gasteiger charge is -2.14. The Hall–Kier alpha value is -3.26. The first-order chi connectivity index (χ1) is 17.8. The molecular formula is C28H24BrCl2N3O3. The second-order valence-electron chi connectivity index (χ2n) is 8.23. The summed E-state index contributed by atoms with van der Waals surface area (Å²) in [6, 6.07) is 20.4. The van der Waals surface area contributed by atoms with Gasteiger partial charge in [0, 0.05) is 27.7 Å². The number of hydrazone groups is 1. The van der Waals surface area contributed by atoms with Gasteiger partial charge in [0.2, 0.25) is 0 Å². The summed E-state index contributed by atoms with van der Waals surface area (Å²) in [6.45, 7) is 4.31. The van der Waals surface area contributed by atoms with Crippen molar-refractivity contribution in [2.75, 3.05) is 7.11 Å². The minimum atomic E-state index is -0.417. The zero-order valence-corrected chi connectivity index (χ0v) is 23.5. The number of ether oxygens (including phenoxy) is 2. The van der Waals surface area contributed by atoms with Crippen molar-refractivity contribution < 1.29 is 14.3 Å². The third kappa shape index (κ3) is 6.18. The molecule has 0 bridgehead atoms. The van der Waals surface area contributed by atoms with Gasteiger partial charge in [0.15, 0.2) is 11.5 Å². The van der Waals surface area contributed by atoms with Gasteiger partial charge < -0.3 is 14.0 Å². The molecule has 0 aliphatic carbocycles. The summed E-state index contributed by atoms with van der Waals surface area (Å²) in [6.07, 6.45) is 1.51. The lowest BCUT2D eigenvalue weighted by atomic mass is 10.2. The van der Waals surface area contributed by atoms with Crippen LogP contribution in [-0.2, 0) is 6.61 Å². The van der Waals surface area contributed by atoms with Gasteiger partial charge in [0.1, 0.15) is 6.61 Å². The number of nitrogens with one attached hydrogen (secondary N) is 1. The molecule has 37 heavy (non-hydrogen) atoms. The zero-order valence-electron chi connectivity index (χ0n) is 20.4. The quantitative estimate of drug-likeness (QED) is 0.168. The number of halogens is 3. The highest BCUT2D eigenvalue weighted by Gasteiger charge is 2.14. The highest BCUT2D eigenvalue weighted by Crippen LogP contribution is 2.37. The molecule has 4 aromatic rings. The SMILES string of the molecule is COc1cc(/C=N\NC(=O)c2ccc(-n3c(C)ccc3C)cc2Cl)cc(Br)c1OCc1ccccc1Cl. The zero-order chi connectivity index (χ0) is 26.5. The lowest BCUT2D eigenvalue weighted by molar-refractivity contribution is 0.0955. The van der Waals surface area contributed by atoms with Crippen molar-refractivity contribution in [2.24, 2.45) is 5.10 Å². The van der Waals surface area contributed by atoms with Crippen LogP contribution in [0.2, 0.25) is 10.0 Å². The van der Waals surface area contributed by atoms with E-state index in [2.05, 4.69) is 31.0 Å². The summed E-state index contributed by atoms with van der Waals surface area (Å²) in [7, 11) is 1.55. The number of amides is 1. The van der Waals surface area contributed by atoms with Crippen LogP contribution in [0, 0.1) is 13.8 Å². The van der Waals surface area contributed by atoms with Gasteiger partial charge in [0.25, 0.3) is 5.91 Å². The fourth-order valence-corrected chi connectivity index (χ4v) is 4.87. The molecule has 1 aromatic heterocycles. The van der Waals surface area contributed by atoms with Crippen LogP contribution in [0.5, 0.6) is 11.5 Å². The monoisotopic (exact) mass is 599 g/mol. The molecule has 0 radical (unpaired) electrons. The molecule has 0 unspecified atom stereocenters. The Balaban J connectivity index is 1.45. The first-order valence-corrected chi connectivity index (χ1v) is 12.9. The number of aromatic nitrogens is 1. The van der Waals surface area contributed by atoms with Crippen molar-refractivity contribution in [3.8, 4) is 17.2 Å². The van der Waals surface area contributed by atoms with Crippen molar-refractivity contribution in [3.63, 3.8) is 0 Å². The average molecular weight is 601 g/mol. The average Bonchev–Trinajstić information content (AvgIpc) is 3.21. The molecule has 0 aliphatic rings.